The number of rotatable bonds is 33. The van der Waals surface area contributed by atoms with Crippen molar-refractivity contribution >= 4 is 75.9 Å². The predicted molar refractivity (Wildman–Crippen MR) is 281 cm³/mol. The van der Waals surface area contributed by atoms with Crippen LogP contribution in [0.4, 0.5) is 0 Å². The summed E-state index contributed by atoms with van der Waals surface area (Å²) in [5.41, 5.74) is 18.4. The second-order valence-electron chi connectivity index (χ2n) is 19.3. The number of carbonyl (C=O) groups is 11. The number of para-hydroxylation sites is 1. The van der Waals surface area contributed by atoms with E-state index < -0.39 is 139 Å². The highest BCUT2D eigenvalue weighted by molar-refractivity contribution is 5.99. The van der Waals surface area contributed by atoms with Gasteiger partial charge in [-0.15, -0.1) is 0 Å². The van der Waals surface area contributed by atoms with Crippen LogP contribution in [0.1, 0.15) is 104 Å². The summed E-state index contributed by atoms with van der Waals surface area (Å²) in [6, 6.07) is 5.13. The molecule has 16 N–H and O–H groups in total. The van der Waals surface area contributed by atoms with Crippen molar-refractivity contribution in [2.45, 2.75) is 154 Å². The topological polar surface area (TPSA) is 398 Å². The number of aromatic amines is 1. The lowest BCUT2D eigenvalue weighted by atomic mass is 9.96. The number of benzene rings is 2. The third-order valence-electron chi connectivity index (χ3n) is 12.5. The normalized spacial score (nSPS) is 14.7. The number of aliphatic carboxylic acids is 1. The van der Waals surface area contributed by atoms with Crippen LogP contribution in [-0.2, 0) is 65.6 Å². The largest absolute Gasteiger partial charge is 0.481 e. The van der Waals surface area contributed by atoms with Crippen LogP contribution in [0.5, 0.6) is 0 Å². The van der Waals surface area contributed by atoms with Gasteiger partial charge in [0.25, 0.3) is 0 Å². The molecule has 3 rings (SSSR count). The minimum Gasteiger partial charge on any atom is -0.481 e. The summed E-state index contributed by atoms with van der Waals surface area (Å²) in [5.74, 6) is -10.5. The van der Waals surface area contributed by atoms with E-state index in [1.54, 1.807) is 88.5 Å². The molecule has 3 aromatic rings. The molecule has 0 radical (unpaired) electrons. The SMILES string of the molecule is CC[C@H](C)C(NC(=O)[C@H](Cc1ccccc1)NC(C)=O)C(=O)N[C@@H](CCC(=O)O)C(=O)N[C@@H](Cc1c[nH]c2ccccc12)C(=O)N[C@@H](CC(C)C)C(=O)N[C@@H](CCCCN)C(=O)N[C@@H](CC(N)=O)C(=O)N[C@H](C)C(N)=O. The molecule has 0 fully saturated rings. The minimum absolute atomic E-state index is 0.00639. The van der Waals surface area contributed by atoms with Crippen LogP contribution in [0, 0.1) is 11.8 Å². The van der Waals surface area contributed by atoms with Crippen molar-refractivity contribution in [1.29, 1.82) is 0 Å². The Balaban J connectivity index is 2.00. The van der Waals surface area contributed by atoms with Gasteiger partial charge in [-0.05, 0) is 74.6 Å². The molecule has 416 valence electrons. The van der Waals surface area contributed by atoms with E-state index in [-0.39, 0.29) is 38.1 Å². The molecule has 0 spiro atoms. The molecule has 76 heavy (non-hydrogen) atoms. The van der Waals surface area contributed by atoms with Gasteiger partial charge in [0.2, 0.25) is 59.1 Å². The number of primary amides is 2. The number of unbranched alkanes of at least 4 members (excludes halogenated alkanes) is 1. The van der Waals surface area contributed by atoms with Gasteiger partial charge in [-0.1, -0.05) is 82.6 Å². The maximum absolute atomic E-state index is 14.7. The Bertz CT molecular complexity index is 2500. The lowest BCUT2D eigenvalue weighted by Crippen LogP contribution is -2.61. The van der Waals surface area contributed by atoms with Gasteiger partial charge in [-0.25, -0.2) is 0 Å². The smallest absolute Gasteiger partial charge is 0.303 e. The second-order valence-corrected chi connectivity index (χ2v) is 19.3. The number of fused-ring (bicyclic) bond motifs is 1. The standard InChI is InChI=1S/C52H76N12O12/c1-7-29(4)44(64-51(75)39(58-31(6)65)24-32-15-9-8-10-16-32)52(76)60-37(20-21-43(67)68)47(71)62-40(25-33-27-56-35-18-12-11-17-34(33)35)50(74)61-38(23-28(2)3)49(73)59-36(19-13-14-22-53)46(70)63-41(26-42(54)66)48(72)57-30(5)45(55)69/h8-12,15-18,27-30,36-41,44,56H,7,13-14,19-26,53H2,1-6H3,(H2,54,66)(H2,55,69)(H,57,72)(H,58,65)(H,59,73)(H,60,76)(H,61,74)(H,62,71)(H,63,70)(H,64,75)(H,67,68)/t29-,30+,36-,37-,38-,39-,40-,41-,44?/m0/s1. The Labute approximate surface area is 441 Å². The van der Waals surface area contributed by atoms with E-state index in [1.807, 2.05) is 0 Å². The Morgan fingerprint density at radius 1 is 0.592 bits per heavy atom. The molecule has 1 aromatic heterocycles. The molecular formula is C52H76N12O12. The summed E-state index contributed by atoms with van der Waals surface area (Å²) in [6.07, 6.45) is 0.936. The summed E-state index contributed by atoms with van der Waals surface area (Å²) in [5, 5.41) is 31.1. The van der Waals surface area contributed by atoms with E-state index in [0.717, 1.165) is 5.56 Å². The van der Waals surface area contributed by atoms with Gasteiger partial charge in [0.1, 0.15) is 48.3 Å². The van der Waals surface area contributed by atoms with Crippen LogP contribution in [0.2, 0.25) is 0 Å². The van der Waals surface area contributed by atoms with E-state index in [9.17, 15) is 57.8 Å². The van der Waals surface area contributed by atoms with Crippen LogP contribution in [0.3, 0.4) is 0 Å². The van der Waals surface area contributed by atoms with E-state index in [0.29, 0.717) is 35.7 Å². The number of carbonyl (C=O) groups excluding carboxylic acids is 10. The Hall–Kier alpha value is -7.89. The maximum Gasteiger partial charge on any atom is 0.303 e. The number of carboxylic acids is 1. The average molecular weight is 1060 g/mol. The average Bonchev–Trinajstić information content (AvgIpc) is 3.77. The van der Waals surface area contributed by atoms with Crippen LogP contribution in [0.25, 0.3) is 10.9 Å². The summed E-state index contributed by atoms with van der Waals surface area (Å²) in [7, 11) is 0. The molecule has 24 nitrogen and oxygen atoms in total. The highest BCUT2D eigenvalue weighted by atomic mass is 16.4. The molecule has 0 saturated carbocycles. The lowest BCUT2D eigenvalue weighted by molar-refractivity contribution is -0.139. The van der Waals surface area contributed by atoms with Crippen molar-refractivity contribution in [2.24, 2.45) is 29.0 Å². The van der Waals surface area contributed by atoms with Gasteiger partial charge < -0.3 is 69.8 Å². The molecule has 1 heterocycles. The fraction of sp³-hybridized carbons (Fsp3) is 0.519. The number of amides is 10. The quantitative estimate of drug-likeness (QED) is 0.0337. The molecule has 0 saturated heterocycles. The Morgan fingerprint density at radius 3 is 1.71 bits per heavy atom. The van der Waals surface area contributed by atoms with Crippen molar-refractivity contribution in [3.8, 4) is 0 Å². The molecule has 0 bridgehead atoms. The van der Waals surface area contributed by atoms with Gasteiger partial charge in [0, 0.05) is 43.3 Å². The van der Waals surface area contributed by atoms with Crippen molar-refractivity contribution in [1.82, 2.24) is 47.5 Å². The van der Waals surface area contributed by atoms with E-state index in [1.165, 1.54) is 13.8 Å². The Morgan fingerprint density at radius 2 is 1.12 bits per heavy atom. The number of hydrogen-bond donors (Lipinski definition) is 13. The zero-order valence-electron chi connectivity index (χ0n) is 44.0. The molecule has 9 atom stereocenters. The number of aromatic nitrogens is 1. The third kappa shape index (κ3) is 20.8. The first-order valence-corrected chi connectivity index (χ1v) is 25.4. The number of H-pyrrole nitrogens is 1. The molecule has 0 aliphatic carbocycles. The van der Waals surface area contributed by atoms with Gasteiger partial charge in [-0.3, -0.25) is 52.7 Å². The van der Waals surface area contributed by atoms with Crippen LogP contribution in [-0.4, -0.2) is 130 Å². The summed E-state index contributed by atoms with van der Waals surface area (Å²) in [4.78, 5) is 149. The zero-order chi connectivity index (χ0) is 56.6. The maximum atomic E-state index is 14.7. The summed E-state index contributed by atoms with van der Waals surface area (Å²) in [6.45, 7) is 9.80. The van der Waals surface area contributed by atoms with Gasteiger partial charge in [0.15, 0.2) is 0 Å². The number of carboxylic acid groups (broad SMARTS) is 1. The molecule has 24 heteroatoms. The molecular weight excluding hydrogens is 985 g/mol. The second kappa shape index (κ2) is 31.1. The predicted octanol–water partition coefficient (Wildman–Crippen LogP) is -0.682. The zero-order valence-corrected chi connectivity index (χ0v) is 44.0. The van der Waals surface area contributed by atoms with E-state index in [2.05, 4.69) is 47.5 Å². The number of nitrogens with one attached hydrogen (secondary N) is 9. The van der Waals surface area contributed by atoms with E-state index in [4.69, 9.17) is 17.2 Å². The van der Waals surface area contributed by atoms with Crippen molar-refractivity contribution in [2.75, 3.05) is 6.54 Å². The summed E-state index contributed by atoms with van der Waals surface area (Å²) >= 11 is 0. The fourth-order valence-electron chi connectivity index (χ4n) is 8.14. The molecule has 1 unspecified atom stereocenters. The monoisotopic (exact) mass is 1060 g/mol. The van der Waals surface area contributed by atoms with Crippen LogP contribution >= 0.6 is 0 Å². The molecule has 0 aliphatic heterocycles. The first-order valence-electron chi connectivity index (χ1n) is 25.4. The molecule has 2 aromatic carbocycles. The third-order valence-corrected chi connectivity index (χ3v) is 12.5. The van der Waals surface area contributed by atoms with Crippen molar-refractivity contribution < 1.29 is 57.8 Å². The summed E-state index contributed by atoms with van der Waals surface area (Å²) < 4.78 is 0. The van der Waals surface area contributed by atoms with Crippen molar-refractivity contribution in [3.05, 3.63) is 71.9 Å². The minimum atomic E-state index is -1.58. The first-order chi connectivity index (χ1) is 35.9. The van der Waals surface area contributed by atoms with Gasteiger partial charge in [-0.2, -0.15) is 0 Å². The Kier molecular flexibility index (Phi) is 25.5. The van der Waals surface area contributed by atoms with Gasteiger partial charge in [0.05, 0.1) is 6.42 Å². The lowest BCUT2D eigenvalue weighted by Gasteiger charge is -2.29. The van der Waals surface area contributed by atoms with Gasteiger partial charge >= 0.3 is 5.97 Å². The number of nitrogens with two attached hydrogens (primary N) is 3. The fourth-order valence-corrected chi connectivity index (χ4v) is 8.14. The van der Waals surface area contributed by atoms with E-state index >= 15 is 0 Å². The molecule has 10 amide bonds. The first kappa shape index (κ1) is 62.4. The molecule has 0 aliphatic rings. The highest BCUT2D eigenvalue weighted by Crippen LogP contribution is 2.20. The van der Waals surface area contributed by atoms with Crippen LogP contribution < -0.4 is 59.7 Å². The van der Waals surface area contributed by atoms with Crippen molar-refractivity contribution in [3.63, 3.8) is 0 Å². The van der Waals surface area contributed by atoms with Crippen LogP contribution in [0.15, 0.2) is 60.8 Å². The number of hydrogen-bond acceptors (Lipinski definition) is 12. The highest BCUT2D eigenvalue weighted by Gasteiger charge is 2.36.